The van der Waals surface area contributed by atoms with Gasteiger partial charge in [0.1, 0.15) is 23.3 Å². The molecule has 2 amide bonds. The summed E-state index contributed by atoms with van der Waals surface area (Å²) < 4.78 is 21.5. The van der Waals surface area contributed by atoms with Crippen LogP contribution in [0.1, 0.15) is 37.1 Å². The molecule has 1 aliphatic rings. The predicted molar refractivity (Wildman–Crippen MR) is 139 cm³/mol. The lowest BCUT2D eigenvalue weighted by Gasteiger charge is -2.36. The molecule has 0 bridgehead atoms. The summed E-state index contributed by atoms with van der Waals surface area (Å²) in [4.78, 5) is 44.1. The molecule has 0 spiro atoms. The predicted octanol–water partition coefficient (Wildman–Crippen LogP) is 3.24. The highest BCUT2D eigenvalue weighted by molar-refractivity contribution is 5.91. The van der Waals surface area contributed by atoms with Crippen LogP contribution in [-0.4, -0.2) is 80.5 Å². The van der Waals surface area contributed by atoms with Crippen molar-refractivity contribution in [3.05, 3.63) is 35.5 Å². The minimum atomic E-state index is -1.08. The second-order valence-corrected chi connectivity index (χ2v) is 8.72. The van der Waals surface area contributed by atoms with E-state index >= 15 is 0 Å². The van der Waals surface area contributed by atoms with E-state index in [-0.39, 0.29) is 24.8 Å². The van der Waals surface area contributed by atoms with Gasteiger partial charge in [0.2, 0.25) is 5.88 Å². The SMILES string of the molecule is COc1cc(OC)cc(N2CCN(C(=O)Nc3cc(C(C)OC(=O)CCC(=O)O)c(C)nc3OC)CC2)c1. The lowest BCUT2D eigenvalue weighted by molar-refractivity contribution is -0.151. The quantitative estimate of drug-likeness (QED) is 0.440. The molecular weight excluding hydrogens is 496 g/mol. The minimum Gasteiger partial charge on any atom is -0.497 e. The van der Waals surface area contributed by atoms with Gasteiger partial charge in [0.05, 0.1) is 34.2 Å². The van der Waals surface area contributed by atoms with Crippen LogP contribution in [0.3, 0.4) is 0 Å². The number of piperazine rings is 1. The summed E-state index contributed by atoms with van der Waals surface area (Å²) in [6.45, 7) is 5.59. The van der Waals surface area contributed by atoms with Gasteiger partial charge in [-0.15, -0.1) is 0 Å². The van der Waals surface area contributed by atoms with Crippen LogP contribution in [0.5, 0.6) is 17.4 Å². The summed E-state index contributed by atoms with van der Waals surface area (Å²) in [5.74, 6) is -0.100. The Hall–Kier alpha value is -4.22. The van der Waals surface area contributed by atoms with Crippen LogP contribution in [0.25, 0.3) is 0 Å². The maximum atomic E-state index is 13.1. The van der Waals surface area contributed by atoms with Gasteiger partial charge < -0.3 is 39.2 Å². The van der Waals surface area contributed by atoms with Gasteiger partial charge in [-0.3, -0.25) is 9.59 Å². The van der Waals surface area contributed by atoms with E-state index in [9.17, 15) is 14.4 Å². The van der Waals surface area contributed by atoms with E-state index in [1.165, 1.54) is 7.11 Å². The molecule has 206 valence electrons. The Balaban J connectivity index is 1.67. The number of carboxylic acids is 1. The molecule has 12 nitrogen and oxygen atoms in total. The number of esters is 1. The molecule has 1 unspecified atom stereocenters. The maximum absolute atomic E-state index is 13.1. The highest BCUT2D eigenvalue weighted by Gasteiger charge is 2.25. The van der Waals surface area contributed by atoms with Gasteiger partial charge in [0.15, 0.2) is 0 Å². The second-order valence-electron chi connectivity index (χ2n) is 8.72. The molecule has 1 atom stereocenters. The van der Waals surface area contributed by atoms with Crippen LogP contribution in [0.15, 0.2) is 24.3 Å². The zero-order chi connectivity index (χ0) is 27.8. The van der Waals surface area contributed by atoms with Crippen molar-refractivity contribution in [2.45, 2.75) is 32.8 Å². The van der Waals surface area contributed by atoms with Gasteiger partial charge in [-0.2, -0.15) is 0 Å². The number of nitrogens with zero attached hydrogens (tertiary/aromatic N) is 3. The van der Waals surface area contributed by atoms with Gasteiger partial charge >= 0.3 is 18.0 Å². The number of carbonyl (C=O) groups excluding carboxylic acids is 2. The Morgan fingerprint density at radius 3 is 2.16 bits per heavy atom. The first-order chi connectivity index (χ1) is 18.1. The number of carboxylic acid groups (broad SMARTS) is 1. The minimum absolute atomic E-state index is 0.228. The Labute approximate surface area is 221 Å². The summed E-state index contributed by atoms with van der Waals surface area (Å²) in [6.07, 6.45) is -1.25. The van der Waals surface area contributed by atoms with E-state index in [4.69, 9.17) is 24.1 Å². The van der Waals surface area contributed by atoms with Crippen molar-refractivity contribution >= 4 is 29.3 Å². The summed E-state index contributed by atoms with van der Waals surface area (Å²) in [6, 6.07) is 7.01. The Morgan fingerprint density at radius 2 is 1.61 bits per heavy atom. The van der Waals surface area contributed by atoms with Gasteiger partial charge in [-0.25, -0.2) is 9.78 Å². The number of aromatic nitrogens is 1. The van der Waals surface area contributed by atoms with E-state index in [0.717, 1.165) is 5.69 Å². The molecule has 0 radical (unpaired) electrons. The molecule has 2 heterocycles. The van der Waals surface area contributed by atoms with Crippen molar-refractivity contribution in [2.75, 3.05) is 57.7 Å². The van der Waals surface area contributed by atoms with E-state index in [2.05, 4.69) is 15.2 Å². The number of aryl methyl sites for hydroxylation is 1. The summed E-state index contributed by atoms with van der Waals surface area (Å²) in [5, 5.41) is 11.6. The summed E-state index contributed by atoms with van der Waals surface area (Å²) >= 11 is 0. The highest BCUT2D eigenvalue weighted by atomic mass is 16.5. The second kappa shape index (κ2) is 12.8. The number of anilines is 2. The largest absolute Gasteiger partial charge is 0.497 e. The zero-order valence-electron chi connectivity index (χ0n) is 22.3. The van der Waals surface area contributed by atoms with Gasteiger partial charge in [0, 0.05) is 61.3 Å². The molecule has 0 aliphatic carbocycles. The smallest absolute Gasteiger partial charge is 0.322 e. The third-order valence-corrected chi connectivity index (χ3v) is 6.21. The van der Waals surface area contributed by atoms with E-state index in [0.29, 0.717) is 54.6 Å². The number of benzene rings is 1. The van der Waals surface area contributed by atoms with Crippen LogP contribution in [0, 0.1) is 6.92 Å². The maximum Gasteiger partial charge on any atom is 0.322 e. The third kappa shape index (κ3) is 7.17. The Morgan fingerprint density at radius 1 is 0.974 bits per heavy atom. The van der Waals surface area contributed by atoms with Gasteiger partial charge in [-0.1, -0.05) is 0 Å². The first-order valence-corrected chi connectivity index (χ1v) is 12.2. The van der Waals surface area contributed by atoms with Gasteiger partial charge in [-0.05, 0) is 19.9 Å². The van der Waals surface area contributed by atoms with Crippen molar-refractivity contribution in [3.63, 3.8) is 0 Å². The number of nitrogens with one attached hydrogen (secondary N) is 1. The number of pyridine rings is 1. The zero-order valence-corrected chi connectivity index (χ0v) is 22.3. The van der Waals surface area contributed by atoms with E-state index in [1.807, 2.05) is 18.2 Å². The number of carbonyl (C=O) groups is 3. The topological polar surface area (TPSA) is 140 Å². The number of hydrogen-bond acceptors (Lipinski definition) is 9. The number of rotatable bonds is 10. The summed E-state index contributed by atoms with van der Waals surface area (Å²) in [7, 11) is 4.66. The number of hydrogen-bond donors (Lipinski definition) is 2. The monoisotopic (exact) mass is 530 g/mol. The van der Waals surface area contributed by atoms with Crippen molar-refractivity contribution in [1.82, 2.24) is 9.88 Å². The van der Waals surface area contributed by atoms with E-state index < -0.39 is 18.0 Å². The highest BCUT2D eigenvalue weighted by Crippen LogP contribution is 2.31. The van der Waals surface area contributed by atoms with Gasteiger partial charge in [0.25, 0.3) is 0 Å². The third-order valence-electron chi connectivity index (χ3n) is 6.21. The van der Waals surface area contributed by atoms with Crippen LogP contribution in [-0.2, 0) is 14.3 Å². The fraction of sp³-hybridized carbons (Fsp3) is 0.462. The molecule has 2 aromatic rings. The van der Waals surface area contributed by atoms with Crippen LogP contribution >= 0.6 is 0 Å². The Kier molecular flexibility index (Phi) is 9.58. The van der Waals surface area contributed by atoms with Crippen molar-refractivity contribution in [3.8, 4) is 17.4 Å². The molecule has 38 heavy (non-hydrogen) atoms. The fourth-order valence-electron chi connectivity index (χ4n) is 4.12. The van der Waals surface area contributed by atoms with Crippen LogP contribution in [0.4, 0.5) is 16.2 Å². The molecule has 1 aliphatic heterocycles. The molecule has 12 heteroatoms. The normalized spacial score (nSPS) is 13.9. The lowest BCUT2D eigenvalue weighted by Crippen LogP contribution is -2.50. The molecule has 1 aromatic carbocycles. The van der Waals surface area contributed by atoms with Crippen molar-refractivity contribution in [2.24, 2.45) is 0 Å². The first kappa shape index (κ1) is 28.4. The van der Waals surface area contributed by atoms with Crippen LogP contribution in [0.2, 0.25) is 0 Å². The molecular formula is C26H34N4O8. The average Bonchev–Trinajstić information content (AvgIpc) is 2.92. The van der Waals surface area contributed by atoms with E-state index in [1.54, 1.807) is 39.0 Å². The standard InChI is InChI=1S/C26H34N4O8/c1-16-21(17(2)38-24(33)7-6-23(31)32)15-22(25(27-16)37-5)28-26(34)30-10-8-29(9-11-30)18-12-19(35-3)14-20(13-18)36-4/h12-15,17H,6-11H2,1-5H3,(H,28,34)(H,31,32). The number of urea groups is 1. The summed E-state index contributed by atoms with van der Waals surface area (Å²) in [5.41, 5.74) is 2.41. The molecule has 3 rings (SSSR count). The fourth-order valence-corrected chi connectivity index (χ4v) is 4.12. The number of amides is 2. The number of aliphatic carboxylic acids is 1. The molecule has 1 fully saturated rings. The first-order valence-electron chi connectivity index (χ1n) is 12.2. The number of ether oxygens (including phenoxy) is 4. The van der Waals surface area contributed by atoms with Crippen molar-refractivity contribution in [1.29, 1.82) is 0 Å². The molecule has 0 saturated carbocycles. The number of methoxy groups -OCH3 is 3. The molecule has 1 aromatic heterocycles. The average molecular weight is 531 g/mol. The van der Waals surface area contributed by atoms with Crippen molar-refractivity contribution < 1.29 is 38.4 Å². The van der Waals surface area contributed by atoms with Crippen LogP contribution < -0.4 is 24.4 Å². The molecule has 1 saturated heterocycles. The lowest BCUT2D eigenvalue weighted by atomic mass is 10.1. The Bertz CT molecular complexity index is 1140. The molecule has 2 N–H and O–H groups in total.